The van der Waals surface area contributed by atoms with Crippen molar-refractivity contribution in [1.29, 1.82) is 0 Å². The van der Waals surface area contributed by atoms with Crippen LogP contribution in [0.15, 0.2) is 4.99 Å². The Bertz CT molecular complexity index is 795. The molecule has 0 aromatic heterocycles. The summed E-state index contributed by atoms with van der Waals surface area (Å²) in [5.74, 6) is -4.66. The van der Waals surface area contributed by atoms with Crippen LogP contribution in [-0.2, 0) is 24.0 Å². The number of aliphatic imine (C=N–C) groups is 1. The van der Waals surface area contributed by atoms with Crippen molar-refractivity contribution < 1.29 is 34.2 Å². The van der Waals surface area contributed by atoms with Gasteiger partial charge in [-0.25, -0.2) is 4.79 Å². The third-order valence-electron chi connectivity index (χ3n) is 5.12. The Hall–Kier alpha value is -3.11. The number of thioether (sulfide) groups is 1. The van der Waals surface area contributed by atoms with Gasteiger partial charge in [-0.2, -0.15) is 11.8 Å². The van der Waals surface area contributed by atoms with Gasteiger partial charge < -0.3 is 49.1 Å². The van der Waals surface area contributed by atoms with Gasteiger partial charge in [-0.05, 0) is 57.1 Å². The highest BCUT2D eigenvalue weighted by molar-refractivity contribution is 7.98. The van der Waals surface area contributed by atoms with Crippen LogP contribution >= 0.6 is 11.8 Å². The van der Waals surface area contributed by atoms with E-state index >= 15 is 0 Å². The minimum Gasteiger partial charge on any atom is -0.481 e. The molecule has 37 heavy (non-hydrogen) atoms. The molecule has 0 aromatic carbocycles. The topological polar surface area (TPSA) is 278 Å². The minimum atomic E-state index is -1.59. The summed E-state index contributed by atoms with van der Waals surface area (Å²) < 4.78 is 0. The zero-order valence-electron chi connectivity index (χ0n) is 21.0. The monoisotopic (exact) mass is 548 g/mol. The third-order valence-corrected chi connectivity index (χ3v) is 5.77. The number of unbranched alkanes of at least 4 members (excludes halogenated alkanes) is 1. The summed E-state index contributed by atoms with van der Waals surface area (Å²) in [6, 6.07) is -4.92. The fourth-order valence-electron chi connectivity index (χ4n) is 3.11. The van der Waals surface area contributed by atoms with Gasteiger partial charge in [0.2, 0.25) is 17.7 Å². The van der Waals surface area contributed by atoms with Gasteiger partial charge in [0, 0.05) is 6.54 Å². The first kappa shape index (κ1) is 33.9. The Labute approximate surface area is 219 Å². The van der Waals surface area contributed by atoms with E-state index in [1.54, 1.807) is 0 Å². The molecule has 0 fully saturated rings. The van der Waals surface area contributed by atoms with Crippen molar-refractivity contribution >= 4 is 47.4 Å². The standard InChI is InChI=1S/C21H40N8O7S/c1-37-10-7-12(23)17(32)27-13(5-2-3-8-22)18(33)29-15(11-16(30)31)19(34)28-14(20(35)36)6-4-9-26-21(24)25/h12-15H,2-11,22-23H2,1H3,(H,27,32)(H,28,34)(H,29,33)(H,30,31)(H,35,36)(H4,24,25,26). The van der Waals surface area contributed by atoms with Gasteiger partial charge in [-0.15, -0.1) is 0 Å². The second kappa shape index (κ2) is 19.1. The van der Waals surface area contributed by atoms with Crippen LogP contribution in [0.3, 0.4) is 0 Å². The van der Waals surface area contributed by atoms with Crippen molar-refractivity contribution in [2.75, 3.05) is 25.1 Å². The summed E-state index contributed by atoms with van der Waals surface area (Å²) >= 11 is 1.51. The normalized spacial score (nSPS) is 13.9. The van der Waals surface area contributed by atoms with Crippen molar-refractivity contribution in [3.05, 3.63) is 0 Å². The second-order valence-corrected chi connectivity index (χ2v) is 9.23. The molecular weight excluding hydrogens is 508 g/mol. The van der Waals surface area contributed by atoms with E-state index in [2.05, 4.69) is 20.9 Å². The number of carboxylic acid groups (broad SMARTS) is 2. The molecule has 4 unspecified atom stereocenters. The number of guanidine groups is 1. The molecule has 15 nitrogen and oxygen atoms in total. The van der Waals surface area contributed by atoms with Crippen LogP contribution in [0.25, 0.3) is 0 Å². The number of rotatable bonds is 20. The van der Waals surface area contributed by atoms with Crippen molar-refractivity contribution in [3.63, 3.8) is 0 Å². The average molecular weight is 549 g/mol. The summed E-state index contributed by atoms with van der Waals surface area (Å²) in [5, 5.41) is 25.8. The number of carbonyl (C=O) groups is 5. The number of carbonyl (C=O) groups excluding carboxylic acids is 3. The molecular formula is C21H40N8O7S. The van der Waals surface area contributed by atoms with Gasteiger partial charge in [-0.1, -0.05) is 0 Å². The van der Waals surface area contributed by atoms with Crippen LogP contribution in [0.2, 0.25) is 0 Å². The number of nitrogens with two attached hydrogens (primary N) is 4. The van der Waals surface area contributed by atoms with Crippen LogP contribution in [0.1, 0.15) is 44.9 Å². The lowest BCUT2D eigenvalue weighted by atomic mass is 10.1. The number of aliphatic carboxylic acids is 2. The Kier molecular flexibility index (Phi) is 17.5. The van der Waals surface area contributed by atoms with E-state index in [-0.39, 0.29) is 31.8 Å². The Morgan fingerprint density at radius 1 is 0.838 bits per heavy atom. The number of nitrogens with zero attached hydrogens (tertiary/aromatic N) is 1. The molecule has 0 aliphatic heterocycles. The first-order valence-electron chi connectivity index (χ1n) is 11.8. The molecule has 4 atom stereocenters. The number of carboxylic acids is 2. The van der Waals surface area contributed by atoms with Crippen LogP contribution < -0.4 is 38.9 Å². The predicted octanol–water partition coefficient (Wildman–Crippen LogP) is -2.74. The molecule has 0 radical (unpaired) electrons. The maximum atomic E-state index is 13.0. The largest absolute Gasteiger partial charge is 0.481 e. The van der Waals surface area contributed by atoms with Crippen molar-refractivity contribution in [1.82, 2.24) is 16.0 Å². The number of nitrogens with one attached hydrogen (secondary N) is 3. The van der Waals surface area contributed by atoms with Crippen LogP contribution in [0.5, 0.6) is 0 Å². The molecule has 0 bridgehead atoms. The van der Waals surface area contributed by atoms with Gasteiger partial charge in [0.15, 0.2) is 5.96 Å². The van der Waals surface area contributed by atoms with Crippen molar-refractivity contribution in [2.24, 2.45) is 27.9 Å². The maximum absolute atomic E-state index is 13.0. The summed E-state index contributed by atoms with van der Waals surface area (Å²) in [4.78, 5) is 64.8. The number of amides is 3. The van der Waals surface area contributed by atoms with E-state index < -0.39 is 60.2 Å². The molecule has 13 N–H and O–H groups in total. The SMILES string of the molecule is CSCCC(N)C(=O)NC(CCCCN)C(=O)NC(CC(=O)O)C(=O)NC(CCCN=C(N)N)C(=O)O. The molecule has 0 aliphatic rings. The van der Waals surface area contributed by atoms with E-state index in [0.717, 1.165) is 0 Å². The summed E-state index contributed by atoms with van der Waals surface area (Å²) in [5.41, 5.74) is 21.8. The third kappa shape index (κ3) is 15.6. The van der Waals surface area contributed by atoms with Crippen molar-refractivity contribution in [3.8, 4) is 0 Å². The van der Waals surface area contributed by atoms with Gasteiger partial charge in [-0.3, -0.25) is 24.2 Å². The summed E-state index contributed by atoms with van der Waals surface area (Å²) in [7, 11) is 0. The molecule has 0 heterocycles. The zero-order chi connectivity index (χ0) is 28.4. The molecule has 16 heteroatoms. The Morgan fingerprint density at radius 3 is 1.95 bits per heavy atom. The zero-order valence-corrected chi connectivity index (χ0v) is 21.8. The van der Waals surface area contributed by atoms with Crippen LogP contribution in [-0.4, -0.2) is 95.1 Å². The van der Waals surface area contributed by atoms with Gasteiger partial charge >= 0.3 is 11.9 Å². The highest BCUT2D eigenvalue weighted by Crippen LogP contribution is 2.06. The summed E-state index contributed by atoms with van der Waals surface area (Å²) in [6.07, 6.45) is 2.82. The van der Waals surface area contributed by atoms with E-state index in [1.165, 1.54) is 11.8 Å². The Morgan fingerprint density at radius 2 is 1.41 bits per heavy atom. The average Bonchev–Trinajstić information content (AvgIpc) is 2.82. The molecule has 0 spiro atoms. The highest BCUT2D eigenvalue weighted by Gasteiger charge is 2.31. The molecule has 0 aliphatic carbocycles. The first-order valence-corrected chi connectivity index (χ1v) is 13.2. The van der Waals surface area contributed by atoms with E-state index in [4.69, 9.17) is 22.9 Å². The second-order valence-electron chi connectivity index (χ2n) is 8.24. The lowest BCUT2D eigenvalue weighted by molar-refractivity contribution is -0.143. The molecule has 0 aromatic rings. The molecule has 212 valence electrons. The van der Waals surface area contributed by atoms with E-state index in [1.807, 2.05) is 6.26 Å². The van der Waals surface area contributed by atoms with E-state index in [0.29, 0.717) is 31.6 Å². The number of hydrogen-bond acceptors (Lipinski definition) is 9. The van der Waals surface area contributed by atoms with Crippen molar-refractivity contribution in [2.45, 2.75) is 69.1 Å². The lowest BCUT2D eigenvalue weighted by Crippen LogP contribution is -2.57. The predicted molar refractivity (Wildman–Crippen MR) is 139 cm³/mol. The van der Waals surface area contributed by atoms with Gasteiger partial charge in [0.05, 0.1) is 12.5 Å². The fourth-order valence-corrected chi connectivity index (χ4v) is 3.60. The molecule has 3 amide bonds. The van der Waals surface area contributed by atoms with Gasteiger partial charge in [0.1, 0.15) is 18.1 Å². The molecule has 0 saturated heterocycles. The number of hydrogen-bond donors (Lipinski definition) is 9. The van der Waals surface area contributed by atoms with Crippen LogP contribution in [0.4, 0.5) is 0 Å². The summed E-state index contributed by atoms with van der Waals surface area (Å²) in [6.45, 7) is 0.486. The molecule has 0 rings (SSSR count). The fraction of sp³-hybridized carbons (Fsp3) is 0.714. The van der Waals surface area contributed by atoms with E-state index in [9.17, 15) is 34.2 Å². The maximum Gasteiger partial charge on any atom is 0.326 e. The van der Waals surface area contributed by atoms with Gasteiger partial charge in [0.25, 0.3) is 0 Å². The van der Waals surface area contributed by atoms with Crippen LogP contribution in [0, 0.1) is 0 Å². The molecule has 0 saturated carbocycles. The smallest absolute Gasteiger partial charge is 0.326 e. The highest BCUT2D eigenvalue weighted by atomic mass is 32.2. The quantitative estimate of drug-likeness (QED) is 0.0425. The first-order chi connectivity index (χ1) is 17.4. The Balaban J connectivity index is 5.46. The minimum absolute atomic E-state index is 0.0443. The lowest BCUT2D eigenvalue weighted by Gasteiger charge is -2.24.